The van der Waals surface area contributed by atoms with Crippen molar-refractivity contribution in [2.24, 2.45) is 4.99 Å². The molecule has 1 saturated heterocycles. The fourth-order valence-electron chi connectivity index (χ4n) is 4.84. The number of nitrogens with one attached hydrogen (secondary N) is 1. The Kier molecular flexibility index (Phi) is 11.9. The molecule has 1 atom stereocenters. The molecular weight excluding hydrogens is 534 g/mol. The number of guanidine groups is 1. The number of nitrogens with zero attached hydrogens (tertiary/aromatic N) is 4. The Morgan fingerprint density at radius 2 is 1.67 bits per heavy atom. The molecule has 2 amide bonds. The third-order valence-corrected chi connectivity index (χ3v) is 6.76. The van der Waals surface area contributed by atoms with E-state index in [0.29, 0.717) is 24.7 Å². The molecule has 10 nitrogen and oxygen atoms in total. The van der Waals surface area contributed by atoms with Gasteiger partial charge in [0, 0.05) is 24.6 Å². The number of benzene rings is 1. The van der Waals surface area contributed by atoms with E-state index in [1.807, 2.05) is 17.0 Å². The van der Waals surface area contributed by atoms with E-state index in [-0.39, 0.29) is 12.0 Å². The summed E-state index contributed by atoms with van der Waals surface area (Å²) in [6, 6.07) is 8.24. The van der Waals surface area contributed by atoms with Gasteiger partial charge in [-0.1, -0.05) is 68.4 Å². The lowest BCUT2D eigenvalue weighted by Crippen LogP contribution is -2.49. The number of likely N-dealkylation sites (tertiary alicyclic amines) is 1. The van der Waals surface area contributed by atoms with Crippen molar-refractivity contribution in [3.63, 3.8) is 0 Å². The van der Waals surface area contributed by atoms with Crippen molar-refractivity contribution in [3.8, 4) is 11.4 Å². The normalized spacial score (nSPS) is 16.0. The van der Waals surface area contributed by atoms with Gasteiger partial charge in [0.15, 0.2) is 0 Å². The van der Waals surface area contributed by atoms with E-state index in [9.17, 15) is 9.59 Å². The third kappa shape index (κ3) is 11.4. The molecule has 0 saturated carbocycles. The predicted octanol–water partition coefficient (Wildman–Crippen LogP) is 7.46. The molecule has 1 aliphatic rings. The van der Waals surface area contributed by atoms with Gasteiger partial charge >= 0.3 is 12.2 Å². The lowest BCUT2D eigenvalue weighted by molar-refractivity contribution is 0.0554. The van der Waals surface area contributed by atoms with Gasteiger partial charge in [-0.25, -0.2) is 9.59 Å². The molecule has 2 heterocycles. The molecule has 0 radical (unpaired) electrons. The van der Waals surface area contributed by atoms with Crippen molar-refractivity contribution >= 4 is 18.1 Å². The largest absolute Gasteiger partial charge is 0.444 e. The SMILES string of the molecule is CCCCCCCCc1ccc(-c2noc(C[C@@H]3CCCN3C(=NC(=O)OC(C)(C)C)NC(=O)OC(C)(C)C)n2)cc1. The van der Waals surface area contributed by atoms with Gasteiger partial charge in [-0.3, -0.25) is 5.32 Å². The highest BCUT2D eigenvalue weighted by molar-refractivity contribution is 5.99. The smallest absolute Gasteiger partial charge is 0.437 e. The number of aryl methyl sites for hydroxylation is 1. The second-order valence-corrected chi connectivity index (χ2v) is 13.0. The van der Waals surface area contributed by atoms with Crippen LogP contribution in [0.1, 0.15) is 111 Å². The predicted molar refractivity (Wildman–Crippen MR) is 163 cm³/mol. The van der Waals surface area contributed by atoms with Gasteiger partial charge in [-0.2, -0.15) is 4.98 Å². The summed E-state index contributed by atoms with van der Waals surface area (Å²) in [5.74, 6) is 1.10. The van der Waals surface area contributed by atoms with Crippen molar-refractivity contribution in [1.82, 2.24) is 20.4 Å². The van der Waals surface area contributed by atoms with E-state index in [4.69, 9.17) is 14.0 Å². The van der Waals surface area contributed by atoms with Crippen LogP contribution in [0.2, 0.25) is 0 Å². The first-order valence-electron chi connectivity index (χ1n) is 15.3. The van der Waals surface area contributed by atoms with Crippen LogP contribution in [0.25, 0.3) is 11.4 Å². The van der Waals surface area contributed by atoms with Gasteiger partial charge in [0.2, 0.25) is 17.7 Å². The summed E-state index contributed by atoms with van der Waals surface area (Å²) in [7, 11) is 0. The number of aromatic nitrogens is 2. The molecule has 3 rings (SSSR count). The van der Waals surface area contributed by atoms with Crippen LogP contribution in [0.3, 0.4) is 0 Å². The Bertz CT molecular complexity index is 1180. The molecule has 0 bridgehead atoms. The van der Waals surface area contributed by atoms with Crippen LogP contribution in [0.5, 0.6) is 0 Å². The Morgan fingerprint density at radius 3 is 2.33 bits per heavy atom. The minimum atomic E-state index is -0.792. The zero-order valence-electron chi connectivity index (χ0n) is 26.5. The molecule has 0 aliphatic carbocycles. The molecular formula is C32H49N5O5. The lowest BCUT2D eigenvalue weighted by Gasteiger charge is -2.28. The first kappa shape index (κ1) is 33.1. The van der Waals surface area contributed by atoms with Crippen molar-refractivity contribution in [2.45, 2.75) is 130 Å². The maximum Gasteiger partial charge on any atom is 0.437 e. The highest BCUT2D eigenvalue weighted by Crippen LogP contribution is 2.24. The summed E-state index contributed by atoms with van der Waals surface area (Å²) < 4.78 is 16.4. The number of unbranched alkanes of at least 4 members (excludes halogenated alkanes) is 5. The number of amides is 2. The summed E-state index contributed by atoms with van der Waals surface area (Å²) in [5.41, 5.74) is 0.778. The van der Waals surface area contributed by atoms with Crippen molar-refractivity contribution in [2.75, 3.05) is 6.54 Å². The van der Waals surface area contributed by atoms with Crippen LogP contribution in [0.15, 0.2) is 33.8 Å². The fraction of sp³-hybridized carbons (Fsp3) is 0.656. The Morgan fingerprint density at radius 1 is 1.00 bits per heavy atom. The maximum atomic E-state index is 12.6. The lowest BCUT2D eigenvalue weighted by atomic mass is 10.0. The zero-order valence-corrected chi connectivity index (χ0v) is 26.5. The Labute approximate surface area is 250 Å². The zero-order chi connectivity index (χ0) is 30.8. The summed E-state index contributed by atoms with van der Waals surface area (Å²) in [4.78, 5) is 35.8. The number of aliphatic imine (C=N–C) groups is 1. The quantitative estimate of drug-likeness (QED) is 0.174. The summed E-state index contributed by atoms with van der Waals surface area (Å²) in [6.45, 7) is 13.4. The van der Waals surface area contributed by atoms with Crippen LogP contribution >= 0.6 is 0 Å². The molecule has 1 aromatic heterocycles. The van der Waals surface area contributed by atoms with E-state index < -0.39 is 23.4 Å². The number of rotatable bonds is 10. The fourth-order valence-corrected chi connectivity index (χ4v) is 4.84. The highest BCUT2D eigenvalue weighted by atomic mass is 16.6. The third-order valence-electron chi connectivity index (χ3n) is 6.76. The number of carbonyl (C=O) groups excluding carboxylic acids is 2. The Hall–Kier alpha value is -3.43. The van der Waals surface area contributed by atoms with Gasteiger partial charge in [0.05, 0.1) is 0 Å². The molecule has 1 N–H and O–H groups in total. The van der Waals surface area contributed by atoms with E-state index in [2.05, 4.69) is 39.5 Å². The summed E-state index contributed by atoms with van der Waals surface area (Å²) >= 11 is 0. The van der Waals surface area contributed by atoms with Crippen molar-refractivity contribution < 1.29 is 23.6 Å². The molecule has 0 unspecified atom stereocenters. The van der Waals surface area contributed by atoms with Crippen LogP contribution in [-0.4, -0.2) is 57.0 Å². The topological polar surface area (TPSA) is 119 Å². The molecule has 10 heteroatoms. The molecule has 2 aromatic rings. The van der Waals surface area contributed by atoms with Gasteiger partial charge in [0.1, 0.15) is 11.2 Å². The van der Waals surface area contributed by atoms with Gasteiger partial charge in [0.25, 0.3) is 0 Å². The molecule has 1 fully saturated rings. The number of alkyl carbamates (subject to hydrolysis) is 1. The van der Waals surface area contributed by atoms with Crippen LogP contribution < -0.4 is 5.32 Å². The van der Waals surface area contributed by atoms with Crippen molar-refractivity contribution in [3.05, 3.63) is 35.7 Å². The van der Waals surface area contributed by atoms with Gasteiger partial charge < -0.3 is 18.9 Å². The monoisotopic (exact) mass is 583 g/mol. The van der Waals surface area contributed by atoms with E-state index in [1.165, 1.54) is 44.1 Å². The number of hydrogen-bond acceptors (Lipinski definition) is 7. The number of carbonyl (C=O) groups is 2. The second kappa shape index (κ2) is 15.2. The first-order chi connectivity index (χ1) is 19.8. The molecule has 1 aromatic carbocycles. The Balaban J connectivity index is 1.66. The number of hydrogen-bond donors (Lipinski definition) is 1. The minimum absolute atomic E-state index is 0.0849. The van der Waals surface area contributed by atoms with Crippen molar-refractivity contribution in [1.29, 1.82) is 0 Å². The van der Waals surface area contributed by atoms with E-state index in [0.717, 1.165) is 24.8 Å². The van der Waals surface area contributed by atoms with Gasteiger partial charge in [-0.05, 0) is 72.8 Å². The summed E-state index contributed by atoms with van der Waals surface area (Å²) in [5, 5.41) is 6.87. The molecule has 1 aliphatic heterocycles. The molecule has 232 valence electrons. The van der Waals surface area contributed by atoms with Crippen LogP contribution in [0.4, 0.5) is 9.59 Å². The number of ether oxygens (including phenoxy) is 2. The van der Waals surface area contributed by atoms with E-state index in [1.54, 1.807) is 41.5 Å². The summed E-state index contributed by atoms with van der Waals surface area (Å²) in [6.07, 6.45) is 9.36. The molecule has 0 spiro atoms. The van der Waals surface area contributed by atoms with Gasteiger partial charge in [-0.15, -0.1) is 4.99 Å². The first-order valence-corrected chi connectivity index (χ1v) is 15.3. The average molecular weight is 584 g/mol. The van der Waals surface area contributed by atoms with Crippen LogP contribution in [-0.2, 0) is 22.3 Å². The molecule has 42 heavy (non-hydrogen) atoms. The average Bonchev–Trinajstić information content (AvgIpc) is 3.54. The minimum Gasteiger partial charge on any atom is -0.444 e. The second-order valence-electron chi connectivity index (χ2n) is 13.0. The standard InChI is InChI=1S/C32H49N5O5/c1-8-9-10-11-12-13-15-23-17-19-24(20-18-23)27-33-26(42-36-27)22-25-16-14-21-37(25)28(34-29(38)40-31(2,3)4)35-30(39)41-32(5,6)7/h17-20,25H,8-16,21-22H2,1-7H3,(H,34,35,38,39)/t25-/m0/s1. The van der Waals surface area contributed by atoms with Crippen LogP contribution in [0, 0.1) is 0 Å². The highest BCUT2D eigenvalue weighted by Gasteiger charge is 2.32. The van der Waals surface area contributed by atoms with E-state index >= 15 is 0 Å². The maximum absolute atomic E-state index is 12.6.